The summed E-state index contributed by atoms with van der Waals surface area (Å²) in [6, 6.07) is 1.20. The fourth-order valence-corrected chi connectivity index (χ4v) is 2.53. The summed E-state index contributed by atoms with van der Waals surface area (Å²) in [5, 5.41) is 19.0. The summed E-state index contributed by atoms with van der Waals surface area (Å²) in [5.74, 6) is -1.73. The molecule has 0 aliphatic carbocycles. The predicted octanol–water partition coefficient (Wildman–Crippen LogP) is -2.35. The molecule has 0 bridgehead atoms. The number of carboxylic acid groups (broad SMARTS) is 1. The molecule has 0 unspecified atom stereocenters. The third-order valence-electron chi connectivity index (χ3n) is 2.84. The van der Waals surface area contributed by atoms with Gasteiger partial charge in [-0.05, 0) is 6.07 Å². The minimum atomic E-state index is -5.09. The van der Waals surface area contributed by atoms with E-state index in [1.165, 1.54) is 6.07 Å². The molecule has 12 nitrogen and oxygen atoms in total. The molecule has 1 fully saturated rings. The smallest absolute Gasteiger partial charge is 0.470 e. The number of phosphoric ester groups is 1. The molecule has 122 valence electrons. The molecule has 4 atom stereocenters. The Hall–Kier alpha value is -1.82. The zero-order chi connectivity index (χ0) is 16.7. The summed E-state index contributed by atoms with van der Waals surface area (Å²) in [6.45, 7) is 0. The molecule has 1 aromatic heterocycles. The lowest BCUT2D eigenvalue weighted by Gasteiger charge is -2.19. The van der Waals surface area contributed by atoms with Crippen molar-refractivity contribution in [1.29, 1.82) is 0 Å². The van der Waals surface area contributed by atoms with Crippen molar-refractivity contribution in [2.45, 2.75) is 24.5 Å². The molecule has 1 saturated heterocycles. The van der Waals surface area contributed by atoms with Crippen molar-refractivity contribution in [1.82, 2.24) is 9.55 Å². The Morgan fingerprint density at radius 1 is 1.50 bits per heavy atom. The lowest BCUT2D eigenvalue weighted by molar-refractivity contribution is -0.155. The van der Waals surface area contributed by atoms with Gasteiger partial charge in [-0.3, -0.25) is 9.09 Å². The number of rotatable bonds is 4. The van der Waals surface area contributed by atoms with E-state index in [0.29, 0.717) is 0 Å². The Bertz CT molecular complexity index is 685. The topological polar surface area (TPSA) is 194 Å². The Labute approximate surface area is 122 Å². The van der Waals surface area contributed by atoms with Crippen LogP contribution >= 0.6 is 7.82 Å². The van der Waals surface area contributed by atoms with Crippen LogP contribution in [0, 0.1) is 0 Å². The van der Waals surface area contributed by atoms with Gasteiger partial charge in [0.05, 0.1) is 0 Å². The summed E-state index contributed by atoms with van der Waals surface area (Å²) in [7, 11) is -5.09. The van der Waals surface area contributed by atoms with Crippen molar-refractivity contribution >= 4 is 19.6 Å². The van der Waals surface area contributed by atoms with E-state index in [1.807, 2.05) is 0 Å². The quantitative estimate of drug-likeness (QED) is 0.369. The first-order valence-electron chi connectivity index (χ1n) is 5.75. The lowest BCUT2D eigenvalue weighted by atomic mass is 10.1. The van der Waals surface area contributed by atoms with Crippen LogP contribution in [0.3, 0.4) is 0 Å². The fraction of sp³-hybridized carbons (Fsp3) is 0.444. The number of anilines is 1. The highest BCUT2D eigenvalue weighted by Gasteiger charge is 2.51. The van der Waals surface area contributed by atoms with E-state index in [9.17, 15) is 19.3 Å². The SMILES string of the molecule is Nc1ccn([C@@H]2O[C@H](C(=O)O)[C@@H](OP(=O)(O)O)[C@H]2O)c(=O)n1. The Balaban J connectivity index is 2.37. The van der Waals surface area contributed by atoms with Crippen LogP contribution in [0.25, 0.3) is 0 Å². The van der Waals surface area contributed by atoms with Crippen LogP contribution in [0.1, 0.15) is 6.23 Å². The summed E-state index contributed by atoms with van der Waals surface area (Å²) < 4.78 is 20.8. The molecule has 22 heavy (non-hydrogen) atoms. The molecular formula is C9H12N3O9P. The Morgan fingerprint density at radius 3 is 2.64 bits per heavy atom. The van der Waals surface area contributed by atoms with Gasteiger partial charge < -0.3 is 30.5 Å². The number of hydrogen-bond donors (Lipinski definition) is 5. The van der Waals surface area contributed by atoms with E-state index in [-0.39, 0.29) is 5.82 Å². The Kier molecular flexibility index (Phi) is 4.33. The predicted molar refractivity (Wildman–Crippen MR) is 67.4 cm³/mol. The molecule has 0 saturated carbocycles. The minimum absolute atomic E-state index is 0.105. The van der Waals surface area contributed by atoms with Gasteiger partial charge in [-0.15, -0.1) is 0 Å². The van der Waals surface area contributed by atoms with Gasteiger partial charge in [-0.2, -0.15) is 4.98 Å². The number of nitrogens with two attached hydrogens (primary N) is 1. The molecule has 13 heteroatoms. The number of nitrogens with zero attached hydrogens (tertiary/aromatic N) is 2. The average Bonchev–Trinajstić information content (AvgIpc) is 2.66. The van der Waals surface area contributed by atoms with Crippen LogP contribution in [-0.2, 0) is 18.6 Å². The number of hydrogen-bond acceptors (Lipinski definition) is 8. The summed E-state index contributed by atoms with van der Waals surface area (Å²) in [5.41, 5.74) is 4.36. The molecule has 1 aliphatic rings. The normalized spacial score (nSPS) is 28.7. The van der Waals surface area contributed by atoms with Crippen LogP contribution in [0.2, 0.25) is 0 Å². The van der Waals surface area contributed by atoms with Gasteiger partial charge in [0.25, 0.3) is 0 Å². The molecule has 2 heterocycles. The van der Waals surface area contributed by atoms with E-state index in [4.69, 9.17) is 25.4 Å². The number of aliphatic hydroxyl groups excluding tert-OH is 1. The first-order chi connectivity index (χ1) is 10.1. The van der Waals surface area contributed by atoms with Crippen LogP contribution in [0.4, 0.5) is 5.82 Å². The molecule has 0 radical (unpaired) electrons. The third-order valence-corrected chi connectivity index (χ3v) is 3.36. The summed E-state index contributed by atoms with van der Waals surface area (Å²) in [4.78, 5) is 43.7. The van der Waals surface area contributed by atoms with E-state index in [1.54, 1.807) is 0 Å². The largest absolute Gasteiger partial charge is 0.479 e. The zero-order valence-electron chi connectivity index (χ0n) is 10.7. The standard InChI is InChI=1S/C9H12N3O9P/c10-3-1-2-12(9(16)11-3)7-4(13)5(21-22(17,18)19)6(20-7)8(14)15/h1-2,4-7,13H,(H,14,15)(H2,10,11,16)(H2,17,18,19)/t4-,5+,6+,7-/m1/s1. The fourth-order valence-electron chi connectivity index (χ4n) is 1.97. The molecule has 6 N–H and O–H groups in total. The Morgan fingerprint density at radius 2 is 2.14 bits per heavy atom. The molecule has 0 spiro atoms. The van der Waals surface area contributed by atoms with Gasteiger partial charge in [0, 0.05) is 6.20 Å². The maximum absolute atomic E-state index is 11.7. The van der Waals surface area contributed by atoms with Crippen molar-refractivity contribution in [2.75, 3.05) is 5.73 Å². The van der Waals surface area contributed by atoms with Crippen molar-refractivity contribution in [2.24, 2.45) is 0 Å². The number of phosphoric acid groups is 1. The number of aliphatic hydroxyl groups is 1. The lowest BCUT2D eigenvalue weighted by Crippen LogP contribution is -2.38. The molecule has 2 rings (SSSR count). The second-order valence-electron chi connectivity index (χ2n) is 4.38. The van der Waals surface area contributed by atoms with Crippen molar-refractivity contribution in [3.05, 3.63) is 22.7 Å². The van der Waals surface area contributed by atoms with Gasteiger partial charge in [-0.1, -0.05) is 0 Å². The van der Waals surface area contributed by atoms with Gasteiger partial charge in [0.2, 0.25) is 0 Å². The highest BCUT2D eigenvalue weighted by atomic mass is 31.2. The monoisotopic (exact) mass is 337 g/mol. The summed E-state index contributed by atoms with van der Waals surface area (Å²) in [6.07, 6.45) is -6.07. The first-order valence-corrected chi connectivity index (χ1v) is 7.28. The van der Waals surface area contributed by atoms with E-state index in [2.05, 4.69) is 9.51 Å². The van der Waals surface area contributed by atoms with Crippen LogP contribution in [0.15, 0.2) is 17.1 Å². The van der Waals surface area contributed by atoms with Gasteiger partial charge >= 0.3 is 19.5 Å². The second kappa shape index (κ2) is 5.76. The van der Waals surface area contributed by atoms with Gasteiger partial charge in [0.15, 0.2) is 12.3 Å². The molecule has 0 amide bonds. The summed E-state index contributed by atoms with van der Waals surface area (Å²) >= 11 is 0. The number of ether oxygens (including phenoxy) is 1. The minimum Gasteiger partial charge on any atom is -0.479 e. The molecule has 1 aromatic rings. The second-order valence-corrected chi connectivity index (χ2v) is 5.57. The maximum atomic E-state index is 11.7. The van der Waals surface area contributed by atoms with Crippen LogP contribution in [-0.4, -0.2) is 53.8 Å². The zero-order valence-corrected chi connectivity index (χ0v) is 11.6. The molecular weight excluding hydrogens is 325 g/mol. The van der Waals surface area contributed by atoms with E-state index < -0.39 is 44.0 Å². The number of carboxylic acids is 1. The van der Waals surface area contributed by atoms with Gasteiger partial charge in [0.1, 0.15) is 18.0 Å². The first kappa shape index (κ1) is 16.5. The highest BCUT2D eigenvalue weighted by molar-refractivity contribution is 7.46. The van der Waals surface area contributed by atoms with E-state index in [0.717, 1.165) is 10.8 Å². The van der Waals surface area contributed by atoms with Crippen molar-refractivity contribution in [3.8, 4) is 0 Å². The van der Waals surface area contributed by atoms with Crippen LogP contribution < -0.4 is 11.4 Å². The van der Waals surface area contributed by atoms with Gasteiger partial charge in [-0.25, -0.2) is 14.2 Å². The maximum Gasteiger partial charge on any atom is 0.470 e. The average molecular weight is 337 g/mol. The number of aromatic nitrogens is 2. The number of aliphatic carboxylic acids is 1. The molecule has 0 aromatic carbocycles. The molecule has 1 aliphatic heterocycles. The number of carbonyl (C=O) groups is 1. The van der Waals surface area contributed by atoms with Crippen molar-refractivity contribution < 1.29 is 38.6 Å². The van der Waals surface area contributed by atoms with Crippen molar-refractivity contribution in [3.63, 3.8) is 0 Å². The van der Waals surface area contributed by atoms with Crippen LogP contribution in [0.5, 0.6) is 0 Å². The third kappa shape index (κ3) is 3.32. The van der Waals surface area contributed by atoms with E-state index >= 15 is 0 Å². The number of nitrogen functional groups attached to an aromatic ring is 1. The highest BCUT2D eigenvalue weighted by Crippen LogP contribution is 2.43.